The number of benzene rings is 2. The lowest BCUT2D eigenvalue weighted by molar-refractivity contribution is -0.155. The van der Waals surface area contributed by atoms with Crippen molar-refractivity contribution in [2.24, 2.45) is 11.8 Å². The van der Waals surface area contributed by atoms with Crippen molar-refractivity contribution in [3.05, 3.63) is 108 Å². The van der Waals surface area contributed by atoms with E-state index in [1.807, 2.05) is 5.32 Å². The van der Waals surface area contributed by atoms with E-state index in [-0.39, 0.29) is 70.1 Å². The summed E-state index contributed by atoms with van der Waals surface area (Å²) in [7, 11) is 0. The second kappa shape index (κ2) is 43.9. The van der Waals surface area contributed by atoms with Crippen LogP contribution in [-0.4, -0.2) is 195 Å². The number of ether oxygens (including phenoxy) is 1. The first-order valence-corrected chi connectivity index (χ1v) is 33.9. The molecule has 2 aromatic heterocycles. The molecule has 4 aromatic rings. The predicted octanol–water partition coefficient (Wildman–Crippen LogP) is 2.29. The molecule has 0 aliphatic rings. The van der Waals surface area contributed by atoms with Crippen LogP contribution in [0, 0.1) is 11.8 Å². The first-order valence-electron chi connectivity index (χ1n) is 33.3. The first-order chi connectivity index (χ1) is 48.4. The summed E-state index contributed by atoms with van der Waals surface area (Å²) in [5, 5.41) is 67.5. The number of imidazole rings is 2. The maximum atomic E-state index is 14.8. The van der Waals surface area contributed by atoms with Gasteiger partial charge < -0.3 is 82.8 Å². The lowest BCUT2D eigenvalue weighted by Gasteiger charge is -2.27. The number of carbonyl (C=O) groups excluding carboxylic acids is 10. The number of unbranched alkanes of at least 4 members (excludes halogenated alkanes) is 4. The Kier molecular flexibility index (Phi) is 36.1. The number of nitrogens with one attached hydrogen (secondary N) is 10. The van der Waals surface area contributed by atoms with Gasteiger partial charge in [-0.1, -0.05) is 79.9 Å². The van der Waals surface area contributed by atoms with E-state index >= 15 is 0 Å². The zero-order valence-corrected chi connectivity index (χ0v) is 57.8. The van der Waals surface area contributed by atoms with Crippen molar-refractivity contribution in [3.63, 3.8) is 0 Å². The van der Waals surface area contributed by atoms with E-state index in [0.717, 1.165) is 0 Å². The molecule has 0 radical (unpaired) electrons. The summed E-state index contributed by atoms with van der Waals surface area (Å²) in [6.45, 7) is 5.10. The van der Waals surface area contributed by atoms with E-state index in [1.54, 1.807) is 81.4 Å². The molecule has 0 fully saturated rings. The van der Waals surface area contributed by atoms with Crippen LogP contribution in [0.5, 0.6) is 0 Å². The van der Waals surface area contributed by atoms with Gasteiger partial charge in [-0.05, 0) is 70.4 Å². The number of ketones is 2. The van der Waals surface area contributed by atoms with E-state index in [2.05, 4.69) is 69.8 Å². The Bertz CT molecular complexity index is 3450. The molecule has 0 aliphatic carbocycles. The molecule has 0 saturated heterocycles. The fourth-order valence-electron chi connectivity index (χ4n) is 10.5. The Morgan fingerprint density at radius 1 is 0.451 bits per heavy atom. The molecule has 33 nitrogen and oxygen atoms in total. The van der Waals surface area contributed by atoms with Gasteiger partial charge in [0, 0.05) is 107 Å². The molecule has 4 rings (SSSR count). The molecule has 0 saturated carbocycles. The monoisotopic (exact) mass is 1440 g/mol. The van der Waals surface area contributed by atoms with Gasteiger partial charge in [-0.25, -0.2) is 24.4 Å². The summed E-state index contributed by atoms with van der Waals surface area (Å²) < 4.78 is 5.40. The summed E-state index contributed by atoms with van der Waals surface area (Å²) >= 11 is 4.06. The lowest BCUT2D eigenvalue weighted by atomic mass is 9.90. The number of rotatable bonds is 49. The fraction of sp³-hybridized carbons (Fsp3) is 0.515. The molecule has 556 valence electrons. The molecule has 9 atom stereocenters. The molecule has 34 heteroatoms. The van der Waals surface area contributed by atoms with Crippen molar-refractivity contribution in [3.8, 4) is 0 Å². The molecule has 15 N–H and O–H groups in total. The van der Waals surface area contributed by atoms with Crippen molar-refractivity contribution >= 4 is 101 Å². The van der Waals surface area contributed by atoms with Gasteiger partial charge in [0.05, 0.1) is 36.6 Å². The predicted molar refractivity (Wildman–Crippen MR) is 366 cm³/mol. The van der Waals surface area contributed by atoms with Gasteiger partial charge in [0.25, 0.3) is 0 Å². The van der Waals surface area contributed by atoms with Gasteiger partial charge in [-0.15, -0.1) is 0 Å². The SMILES string of the molecule is CC(C)(C)OC(=O)CC[C@H](NC(=O)[C@@H](CC(=O)C(CCC(=O)O)NC(=O)[C@H](Cc1cnc[nH]1)NC(=O)[C@H](Cc1ccccc1)NC(=O)[C@H](Cc1ccccc1)NC(=O)CCCCCCCNC(=O)CC[C@H](NC(=O)N[C@@H](CCC(=O)O)C(=O)O)C(=O)O)Cc1cnc[nH]1)C(=O)C[C@@H](CS)C(=O)O. The highest BCUT2D eigenvalue weighted by Gasteiger charge is 2.36. The number of hydrogen-bond donors (Lipinski definition) is 16. The highest BCUT2D eigenvalue weighted by molar-refractivity contribution is 7.80. The number of carboxylic acids is 5. The second-order valence-corrected chi connectivity index (χ2v) is 25.7. The molecule has 2 aromatic carbocycles. The Morgan fingerprint density at radius 3 is 1.35 bits per heavy atom. The normalized spacial score (nSPS) is 13.8. The third-order valence-corrected chi connectivity index (χ3v) is 16.3. The third kappa shape index (κ3) is 33.1. The van der Waals surface area contributed by atoms with Crippen LogP contribution in [0.3, 0.4) is 0 Å². The van der Waals surface area contributed by atoms with Crippen LogP contribution >= 0.6 is 12.6 Å². The van der Waals surface area contributed by atoms with Crippen LogP contribution in [0.25, 0.3) is 0 Å². The minimum Gasteiger partial charge on any atom is -0.481 e. The quantitative estimate of drug-likeness (QED) is 0.0171. The molecular weight excluding hydrogens is 1350 g/mol. The number of urea groups is 1. The summed E-state index contributed by atoms with van der Waals surface area (Å²) in [5.74, 6) is -16.8. The van der Waals surface area contributed by atoms with Gasteiger partial charge in [-0.3, -0.25) is 57.5 Å². The molecule has 8 amide bonds. The van der Waals surface area contributed by atoms with Crippen LogP contribution in [0.15, 0.2) is 85.7 Å². The summed E-state index contributed by atoms with van der Waals surface area (Å²) in [6, 6.07) is 5.56. The Morgan fingerprint density at radius 2 is 0.882 bits per heavy atom. The molecule has 102 heavy (non-hydrogen) atoms. The molecule has 0 spiro atoms. The molecule has 0 bridgehead atoms. The molecule has 1 unspecified atom stereocenters. The summed E-state index contributed by atoms with van der Waals surface area (Å²) in [4.78, 5) is 210. The minimum absolute atomic E-state index is 0.00976. The van der Waals surface area contributed by atoms with Crippen molar-refractivity contribution < 1.29 is 102 Å². The molecular formula is C68H92N12O21S. The highest BCUT2D eigenvalue weighted by atomic mass is 32.1. The number of amides is 8. The van der Waals surface area contributed by atoms with Crippen LogP contribution in [0.1, 0.15) is 146 Å². The number of aromatic nitrogens is 4. The zero-order chi connectivity index (χ0) is 75.3. The van der Waals surface area contributed by atoms with E-state index < -0.39 is 187 Å². The number of carbonyl (C=O) groups is 15. The van der Waals surface area contributed by atoms with Gasteiger partial charge >= 0.3 is 41.8 Å². The number of hydrogen-bond acceptors (Lipinski definition) is 19. The third-order valence-electron chi connectivity index (χ3n) is 15.8. The number of aliphatic carboxylic acids is 5. The summed E-state index contributed by atoms with van der Waals surface area (Å²) in [5.41, 5.74) is 0.970. The van der Waals surface area contributed by atoms with Gasteiger partial charge in [0.2, 0.25) is 35.4 Å². The number of carboxylic acid groups (broad SMARTS) is 5. The smallest absolute Gasteiger partial charge is 0.326 e. The van der Waals surface area contributed by atoms with Crippen LogP contribution in [-0.2, 0) is 97.5 Å². The number of thiol groups is 1. The van der Waals surface area contributed by atoms with Crippen molar-refractivity contribution in [2.75, 3.05) is 12.3 Å². The second-order valence-electron chi connectivity index (χ2n) is 25.4. The van der Waals surface area contributed by atoms with Crippen LogP contribution < -0.4 is 42.5 Å². The maximum absolute atomic E-state index is 14.8. The zero-order valence-electron chi connectivity index (χ0n) is 56.9. The largest absolute Gasteiger partial charge is 0.481 e. The number of Topliss-reactive ketones (excluding diaryl/α,β-unsaturated/α-hetero) is 2. The van der Waals surface area contributed by atoms with Gasteiger partial charge in [0.15, 0.2) is 11.6 Å². The van der Waals surface area contributed by atoms with E-state index in [4.69, 9.17) is 9.84 Å². The van der Waals surface area contributed by atoms with E-state index in [9.17, 15) is 92.3 Å². The van der Waals surface area contributed by atoms with Crippen molar-refractivity contribution in [1.29, 1.82) is 0 Å². The topological polar surface area (TPSA) is 520 Å². The van der Waals surface area contributed by atoms with E-state index in [1.165, 1.54) is 25.0 Å². The van der Waals surface area contributed by atoms with Crippen molar-refractivity contribution in [2.45, 2.75) is 197 Å². The average Bonchev–Trinajstić information content (AvgIpc) is 1.38. The van der Waals surface area contributed by atoms with Gasteiger partial charge in [-0.2, -0.15) is 12.6 Å². The Labute approximate surface area is 593 Å². The van der Waals surface area contributed by atoms with E-state index in [0.29, 0.717) is 54.6 Å². The average molecular weight is 1450 g/mol. The van der Waals surface area contributed by atoms with Crippen molar-refractivity contribution in [1.82, 2.24) is 62.5 Å². The lowest BCUT2D eigenvalue weighted by Crippen LogP contribution is -2.59. The Balaban J connectivity index is 1.48. The van der Waals surface area contributed by atoms with Crippen LogP contribution in [0.4, 0.5) is 4.79 Å². The number of H-pyrrole nitrogens is 2. The highest BCUT2D eigenvalue weighted by Crippen LogP contribution is 2.20. The molecule has 0 aliphatic heterocycles. The van der Waals surface area contributed by atoms with Gasteiger partial charge in [0.1, 0.15) is 35.8 Å². The standard InChI is InChI=1S/C68H92N12O21S/c1-68(2,3)101-59(89)27-23-47(54(82)33-43(37-102)64(94)95)75-60(90)42(31-44-35-69-38-72-44)32-53(81)46(21-25-57(85)86)76-63(93)52(34-45-36-70-39-73-45)78-62(92)51(30-41-17-11-8-12-18-41)77-61(91)50(29-40-15-9-7-10-16-40)74-56(84)19-13-5-4-6-14-28-71-55(83)24-20-48(65(96)97)79-67(100)80-49(66(98)99)22-26-58(87)88/h7-12,15-18,35-36,38-39,42-43,46-52,102H,4-6,13-14,19-34,37H2,1-3H3,(H,69,72)(H,70,73)(H,71,83)(H,74,84)(H,75,90)(H,76,93)(H,77,91)(H,78,92)(H,85,86)(H,87,88)(H,94,95)(H,96,97)(H,98,99)(H2,79,80,100)/t42-,43+,46?,47+,48+,49+,50+,51+,52+/m1/s1. The maximum Gasteiger partial charge on any atom is 0.326 e. The summed E-state index contributed by atoms with van der Waals surface area (Å²) in [6.07, 6.45) is 2.53. The minimum atomic E-state index is -1.63. The Hall–Kier alpha value is -10.5. The number of nitrogens with zero attached hydrogens (tertiary/aromatic N) is 2. The molecule has 2 heterocycles. The fourth-order valence-corrected chi connectivity index (χ4v) is 10.7. The van der Waals surface area contributed by atoms with Crippen LogP contribution in [0.2, 0.25) is 0 Å². The first kappa shape index (κ1) is 83.9. The number of esters is 1. The number of aromatic amines is 2.